The predicted molar refractivity (Wildman–Crippen MR) is 76.8 cm³/mol. The van der Waals surface area contributed by atoms with Gasteiger partial charge in [0.25, 0.3) is 0 Å². The van der Waals surface area contributed by atoms with E-state index in [1.54, 1.807) is 0 Å². The first-order valence-electron chi connectivity index (χ1n) is 5.75. The van der Waals surface area contributed by atoms with Crippen LogP contribution >= 0.6 is 12.2 Å². The first-order chi connectivity index (χ1) is 9.04. The minimum Gasteiger partial charge on any atom is -0.480 e. The molecule has 0 aliphatic carbocycles. The fraction of sp³-hybridized carbons (Fsp3) is 0.308. The van der Waals surface area contributed by atoms with E-state index in [-0.39, 0.29) is 13.0 Å². The molecule has 0 aromatic heterocycles. The summed E-state index contributed by atoms with van der Waals surface area (Å²) in [6, 6.07) is 9.56. The summed E-state index contributed by atoms with van der Waals surface area (Å²) in [6.45, 7) is 2.00. The molecule has 0 spiro atoms. The number of carbonyl (C=O) groups is 1. The van der Waals surface area contributed by atoms with Crippen LogP contribution in [0.5, 0.6) is 0 Å². The van der Waals surface area contributed by atoms with E-state index in [1.165, 1.54) is 4.90 Å². The summed E-state index contributed by atoms with van der Waals surface area (Å²) in [4.78, 5) is 12.3. The van der Waals surface area contributed by atoms with Crippen molar-refractivity contribution in [1.29, 1.82) is 5.26 Å². The largest absolute Gasteiger partial charge is 0.480 e. The van der Waals surface area contributed by atoms with Crippen LogP contribution in [0.25, 0.3) is 0 Å². The number of nitriles is 1. The average Bonchev–Trinajstić information content (AvgIpc) is 2.36. The van der Waals surface area contributed by atoms with Crippen molar-refractivity contribution in [3.63, 3.8) is 0 Å². The first-order valence-corrected chi connectivity index (χ1v) is 6.15. The Bertz CT molecular complexity index is 511. The number of hydrogen-bond donors (Lipinski definition) is 2. The number of anilines is 1. The van der Waals surface area contributed by atoms with Gasteiger partial charge >= 0.3 is 5.97 Å². The fourth-order valence-corrected chi connectivity index (χ4v) is 1.77. The van der Waals surface area contributed by atoms with E-state index in [1.807, 2.05) is 37.3 Å². The highest BCUT2D eigenvalue weighted by Gasteiger charge is 2.13. The Balaban J connectivity index is 2.74. The Morgan fingerprint density at radius 3 is 2.79 bits per heavy atom. The summed E-state index contributed by atoms with van der Waals surface area (Å²) < 4.78 is 0. The second-order valence-electron chi connectivity index (χ2n) is 3.97. The number of nitrogens with one attached hydrogen (secondary N) is 1. The van der Waals surface area contributed by atoms with Gasteiger partial charge in [0, 0.05) is 12.2 Å². The number of aryl methyl sites for hydroxylation is 1. The van der Waals surface area contributed by atoms with E-state index in [0.29, 0.717) is 11.7 Å². The number of aliphatic carboxylic acids is 1. The van der Waals surface area contributed by atoms with E-state index in [2.05, 4.69) is 5.32 Å². The van der Waals surface area contributed by atoms with Crippen molar-refractivity contribution in [1.82, 2.24) is 4.90 Å². The topological polar surface area (TPSA) is 76.4 Å². The Morgan fingerprint density at radius 1 is 1.53 bits per heavy atom. The SMILES string of the molecule is Cc1ccccc1NC(=S)N(CCC#N)CC(=O)O. The lowest BCUT2D eigenvalue weighted by Crippen LogP contribution is -2.39. The van der Waals surface area contributed by atoms with Gasteiger partial charge in [-0.1, -0.05) is 18.2 Å². The minimum atomic E-state index is -0.980. The smallest absolute Gasteiger partial charge is 0.323 e. The summed E-state index contributed by atoms with van der Waals surface area (Å²) >= 11 is 5.19. The van der Waals surface area contributed by atoms with Crippen LogP contribution in [-0.4, -0.2) is 34.2 Å². The molecule has 1 rings (SSSR count). The number of carboxylic acid groups (broad SMARTS) is 1. The molecule has 0 saturated heterocycles. The van der Waals surface area contributed by atoms with Crippen molar-refractivity contribution in [3.8, 4) is 6.07 Å². The van der Waals surface area contributed by atoms with Gasteiger partial charge in [-0.2, -0.15) is 5.26 Å². The Hall–Kier alpha value is -2.13. The van der Waals surface area contributed by atoms with E-state index in [4.69, 9.17) is 22.6 Å². The number of thiocarbonyl (C=S) groups is 1. The average molecular weight is 277 g/mol. The van der Waals surface area contributed by atoms with E-state index in [0.717, 1.165) is 11.3 Å². The van der Waals surface area contributed by atoms with E-state index < -0.39 is 5.97 Å². The van der Waals surface area contributed by atoms with Gasteiger partial charge in [0.2, 0.25) is 0 Å². The fourth-order valence-electron chi connectivity index (χ4n) is 1.51. The maximum Gasteiger partial charge on any atom is 0.323 e. The molecule has 0 unspecified atom stereocenters. The molecule has 0 aliphatic rings. The maximum absolute atomic E-state index is 10.8. The number of para-hydroxylation sites is 1. The molecule has 0 aliphatic heterocycles. The molecule has 0 saturated carbocycles. The molecule has 100 valence electrons. The van der Waals surface area contributed by atoms with Crippen LogP contribution in [0.1, 0.15) is 12.0 Å². The van der Waals surface area contributed by atoms with Gasteiger partial charge < -0.3 is 15.3 Å². The summed E-state index contributed by atoms with van der Waals surface area (Å²) in [5.74, 6) is -0.980. The molecule has 0 heterocycles. The number of nitrogens with zero attached hydrogens (tertiary/aromatic N) is 2. The molecular formula is C13H15N3O2S. The summed E-state index contributed by atoms with van der Waals surface area (Å²) in [7, 11) is 0. The zero-order valence-electron chi connectivity index (χ0n) is 10.6. The number of carboxylic acids is 1. The van der Waals surface area contributed by atoms with E-state index in [9.17, 15) is 4.79 Å². The summed E-state index contributed by atoms with van der Waals surface area (Å²) in [5, 5.41) is 20.7. The highest BCUT2D eigenvalue weighted by atomic mass is 32.1. The molecule has 0 radical (unpaired) electrons. The lowest BCUT2D eigenvalue weighted by Gasteiger charge is -2.23. The van der Waals surface area contributed by atoms with Gasteiger partial charge in [-0.25, -0.2) is 0 Å². The van der Waals surface area contributed by atoms with Gasteiger partial charge in [0.1, 0.15) is 6.54 Å². The molecule has 6 heteroatoms. The number of rotatable bonds is 5. The quantitative estimate of drug-likeness (QED) is 0.802. The zero-order valence-corrected chi connectivity index (χ0v) is 11.4. The van der Waals surface area contributed by atoms with Crippen LogP contribution in [0.3, 0.4) is 0 Å². The van der Waals surface area contributed by atoms with Crippen molar-refractivity contribution >= 4 is 29.0 Å². The highest BCUT2D eigenvalue weighted by molar-refractivity contribution is 7.80. The highest BCUT2D eigenvalue weighted by Crippen LogP contribution is 2.14. The third-order valence-corrected chi connectivity index (χ3v) is 2.85. The third kappa shape index (κ3) is 4.94. The van der Waals surface area contributed by atoms with Gasteiger partial charge in [-0.05, 0) is 30.8 Å². The Morgan fingerprint density at radius 2 is 2.21 bits per heavy atom. The minimum absolute atomic E-state index is 0.223. The maximum atomic E-state index is 10.8. The molecule has 19 heavy (non-hydrogen) atoms. The molecule has 1 aromatic carbocycles. The lowest BCUT2D eigenvalue weighted by atomic mass is 10.2. The summed E-state index contributed by atoms with van der Waals surface area (Å²) in [5.41, 5.74) is 1.85. The van der Waals surface area contributed by atoms with Crippen molar-refractivity contribution in [2.24, 2.45) is 0 Å². The van der Waals surface area contributed by atoms with Crippen molar-refractivity contribution < 1.29 is 9.90 Å². The zero-order chi connectivity index (χ0) is 14.3. The third-order valence-electron chi connectivity index (χ3n) is 2.49. The monoisotopic (exact) mass is 277 g/mol. The molecule has 0 bridgehead atoms. The van der Waals surface area contributed by atoms with Crippen molar-refractivity contribution in [3.05, 3.63) is 29.8 Å². The standard InChI is InChI=1S/C13H15N3O2S/c1-10-5-2-3-6-11(10)15-13(19)16(8-4-7-14)9-12(17)18/h2-3,5-6H,4,8-9H2,1H3,(H,15,19)(H,17,18). The van der Waals surface area contributed by atoms with Gasteiger partial charge in [0.05, 0.1) is 12.5 Å². The molecule has 5 nitrogen and oxygen atoms in total. The van der Waals surface area contributed by atoms with Crippen LogP contribution in [0, 0.1) is 18.3 Å². The second-order valence-corrected chi connectivity index (χ2v) is 4.36. The number of hydrogen-bond acceptors (Lipinski definition) is 3. The Labute approximate surface area is 117 Å². The van der Waals surface area contributed by atoms with Gasteiger partial charge in [0.15, 0.2) is 5.11 Å². The molecule has 0 atom stereocenters. The first kappa shape index (κ1) is 14.9. The van der Waals surface area contributed by atoms with Crippen LogP contribution < -0.4 is 5.32 Å². The normalized spacial score (nSPS) is 9.47. The second kappa shape index (κ2) is 7.34. The van der Waals surface area contributed by atoms with E-state index >= 15 is 0 Å². The van der Waals surface area contributed by atoms with Gasteiger partial charge in [-0.3, -0.25) is 4.79 Å². The molecular weight excluding hydrogens is 262 g/mol. The van der Waals surface area contributed by atoms with Crippen LogP contribution in [0.15, 0.2) is 24.3 Å². The lowest BCUT2D eigenvalue weighted by molar-refractivity contribution is -0.137. The number of benzene rings is 1. The van der Waals surface area contributed by atoms with Crippen LogP contribution in [0.2, 0.25) is 0 Å². The van der Waals surface area contributed by atoms with Crippen LogP contribution in [-0.2, 0) is 4.79 Å². The van der Waals surface area contributed by atoms with Crippen molar-refractivity contribution in [2.75, 3.05) is 18.4 Å². The summed E-state index contributed by atoms with van der Waals surface area (Å²) in [6.07, 6.45) is 0.225. The predicted octanol–water partition coefficient (Wildman–Crippen LogP) is 1.99. The van der Waals surface area contributed by atoms with Crippen molar-refractivity contribution in [2.45, 2.75) is 13.3 Å². The molecule has 1 aromatic rings. The Kier molecular flexibility index (Phi) is 5.76. The molecule has 0 amide bonds. The van der Waals surface area contributed by atoms with Gasteiger partial charge in [-0.15, -0.1) is 0 Å². The molecule has 0 fully saturated rings. The van der Waals surface area contributed by atoms with Crippen LogP contribution in [0.4, 0.5) is 5.69 Å². The molecule has 2 N–H and O–H groups in total.